The molecule has 0 aliphatic carbocycles. The third kappa shape index (κ3) is 10.5. The van der Waals surface area contributed by atoms with Gasteiger partial charge in [0.25, 0.3) is 0 Å². The third-order valence-corrected chi connectivity index (χ3v) is 6.16. The monoisotopic (exact) mass is 501 g/mol. The summed E-state index contributed by atoms with van der Waals surface area (Å²) >= 11 is 0. The van der Waals surface area contributed by atoms with Crippen LogP contribution >= 0.6 is 0 Å². The lowest BCUT2D eigenvalue weighted by Gasteiger charge is -2.09. The van der Waals surface area contributed by atoms with Crippen LogP contribution in [0.4, 0.5) is 11.4 Å². The summed E-state index contributed by atoms with van der Waals surface area (Å²) in [6.45, 7) is 4.83. The van der Waals surface area contributed by atoms with Gasteiger partial charge in [0.2, 0.25) is 0 Å². The summed E-state index contributed by atoms with van der Waals surface area (Å²) in [5, 5.41) is 8.41. The van der Waals surface area contributed by atoms with Gasteiger partial charge < -0.3 is 9.47 Å². The molecule has 3 aromatic rings. The van der Waals surface area contributed by atoms with E-state index in [1.165, 1.54) is 57.8 Å². The number of carbonyl (C=O) groups excluding carboxylic acids is 1. The van der Waals surface area contributed by atoms with Gasteiger partial charge in [-0.3, -0.25) is 4.98 Å². The zero-order valence-electron chi connectivity index (χ0n) is 22.2. The van der Waals surface area contributed by atoms with Gasteiger partial charge in [0.1, 0.15) is 11.5 Å². The van der Waals surface area contributed by atoms with E-state index in [9.17, 15) is 4.79 Å². The summed E-state index contributed by atoms with van der Waals surface area (Å²) in [6, 6.07) is 16.0. The average molecular weight is 502 g/mol. The Kier molecular flexibility index (Phi) is 12.3. The van der Waals surface area contributed by atoms with E-state index in [4.69, 9.17) is 9.47 Å². The van der Waals surface area contributed by atoms with E-state index in [0.29, 0.717) is 23.6 Å². The molecule has 0 fully saturated rings. The first kappa shape index (κ1) is 28.0. The van der Waals surface area contributed by atoms with Crippen molar-refractivity contribution in [2.24, 2.45) is 10.2 Å². The lowest BCUT2D eigenvalue weighted by atomic mass is 10.1. The van der Waals surface area contributed by atoms with Crippen molar-refractivity contribution in [1.82, 2.24) is 4.98 Å². The molecule has 37 heavy (non-hydrogen) atoms. The van der Waals surface area contributed by atoms with Crippen LogP contribution in [0.25, 0.3) is 0 Å². The van der Waals surface area contributed by atoms with Gasteiger partial charge in [-0.1, -0.05) is 64.7 Å². The highest BCUT2D eigenvalue weighted by molar-refractivity contribution is 5.91. The molecule has 0 radical (unpaired) electrons. The number of rotatable bonds is 16. The van der Waals surface area contributed by atoms with Crippen LogP contribution in [0.5, 0.6) is 11.5 Å². The Morgan fingerprint density at radius 1 is 0.757 bits per heavy atom. The molecule has 0 bridgehead atoms. The number of unbranched alkanes of at least 4 members (excludes halogenated alkanes) is 9. The fourth-order valence-corrected chi connectivity index (χ4v) is 3.96. The molecule has 0 aliphatic rings. The third-order valence-electron chi connectivity index (χ3n) is 6.16. The molecule has 3 rings (SSSR count). The highest BCUT2D eigenvalue weighted by atomic mass is 16.5. The molecule has 2 aromatic carbocycles. The van der Waals surface area contributed by atoms with E-state index in [2.05, 4.69) is 22.1 Å². The number of azo groups is 1. The lowest BCUT2D eigenvalue weighted by Crippen LogP contribution is -2.09. The van der Waals surface area contributed by atoms with Crippen LogP contribution in [0.15, 0.2) is 77.2 Å². The topological polar surface area (TPSA) is 73.1 Å². The van der Waals surface area contributed by atoms with Gasteiger partial charge >= 0.3 is 5.97 Å². The molecule has 1 aromatic heterocycles. The standard InChI is InChI=1S/C31H39N3O3/c1-3-4-5-6-7-8-9-10-11-12-23-36-29-16-13-26(14-17-29)31(35)37-30-18-15-28(24-25(30)2)34-33-27-19-21-32-22-20-27/h13-22,24H,3-12,23H2,1-2H3. The summed E-state index contributed by atoms with van der Waals surface area (Å²) in [6.07, 6.45) is 16.3. The number of aryl methyl sites for hydroxylation is 1. The Bertz CT molecular complexity index is 1100. The van der Waals surface area contributed by atoms with E-state index in [0.717, 1.165) is 23.4 Å². The molecule has 1 heterocycles. The quantitative estimate of drug-likeness (QED) is 0.0848. The van der Waals surface area contributed by atoms with Gasteiger partial charge in [-0.25, -0.2) is 4.79 Å². The number of carbonyl (C=O) groups is 1. The van der Waals surface area contributed by atoms with E-state index >= 15 is 0 Å². The SMILES string of the molecule is CCCCCCCCCCCCOc1ccc(C(=O)Oc2ccc(N=Nc3ccncc3)cc2C)cc1. The van der Waals surface area contributed by atoms with E-state index in [-0.39, 0.29) is 0 Å². The minimum atomic E-state index is -0.407. The van der Waals surface area contributed by atoms with Gasteiger partial charge in [0.05, 0.1) is 23.5 Å². The minimum absolute atomic E-state index is 0.407. The molecule has 196 valence electrons. The van der Waals surface area contributed by atoms with Crippen molar-refractivity contribution in [1.29, 1.82) is 0 Å². The number of esters is 1. The van der Waals surface area contributed by atoms with Crippen LogP contribution in [-0.4, -0.2) is 17.6 Å². The second-order valence-corrected chi connectivity index (χ2v) is 9.30. The zero-order valence-corrected chi connectivity index (χ0v) is 22.2. The number of hydrogen-bond donors (Lipinski definition) is 0. The molecule has 0 saturated carbocycles. The largest absolute Gasteiger partial charge is 0.494 e. The molecule has 6 heteroatoms. The van der Waals surface area contributed by atoms with Crippen molar-refractivity contribution >= 4 is 17.3 Å². The highest BCUT2D eigenvalue weighted by Crippen LogP contribution is 2.26. The van der Waals surface area contributed by atoms with Crippen molar-refractivity contribution in [2.45, 2.75) is 78.1 Å². The number of hydrogen-bond acceptors (Lipinski definition) is 6. The molecule has 0 saturated heterocycles. The minimum Gasteiger partial charge on any atom is -0.494 e. The predicted octanol–water partition coefficient (Wildman–Crippen LogP) is 9.32. The smallest absolute Gasteiger partial charge is 0.343 e. The van der Waals surface area contributed by atoms with Crippen molar-refractivity contribution in [3.63, 3.8) is 0 Å². The van der Waals surface area contributed by atoms with Crippen LogP contribution in [-0.2, 0) is 0 Å². The van der Waals surface area contributed by atoms with Gasteiger partial charge in [-0.2, -0.15) is 10.2 Å². The average Bonchev–Trinajstić information content (AvgIpc) is 2.93. The van der Waals surface area contributed by atoms with E-state index in [1.54, 1.807) is 48.8 Å². The van der Waals surface area contributed by atoms with Gasteiger partial charge in [-0.05, 0) is 73.5 Å². The van der Waals surface area contributed by atoms with Crippen LogP contribution in [0.2, 0.25) is 0 Å². The molecule has 0 unspecified atom stereocenters. The number of aromatic nitrogens is 1. The van der Waals surface area contributed by atoms with Crippen LogP contribution in [0.1, 0.15) is 87.1 Å². The number of ether oxygens (including phenoxy) is 2. The first-order valence-electron chi connectivity index (χ1n) is 13.5. The number of pyridine rings is 1. The Morgan fingerprint density at radius 2 is 1.38 bits per heavy atom. The molecular weight excluding hydrogens is 462 g/mol. The Morgan fingerprint density at radius 3 is 2.03 bits per heavy atom. The molecule has 0 amide bonds. The van der Waals surface area contributed by atoms with Crippen LogP contribution in [0, 0.1) is 6.92 Å². The Labute approximate surface area is 221 Å². The summed E-state index contributed by atoms with van der Waals surface area (Å²) in [7, 11) is 0. The predicted molar refractivity (Wildman–Crippen MR) is 148 cm³/mol. The fourth-order valence-electron chi connectivity index (χ4n) is 3.96. The zero-order chi connectivity index (χ0) is 26.1. The molecule has 0 spiro atoms. The molecule has 0 atom stereocenters. The number of benzene rings is 2. The summed E-state index contributed by atoms with van der Waals surface area (Å²) in [5.74, 6) is 0.859. The lowest BCUT2D eigenvalue weighted by molar-refractivity contribution is 0.0733. The normalized spacial score (nSPS) is 11.1. The van der Waals surface area contributed by atoms with Crippen LogP contribution in [0.3, 0.4) is 0 Å². The van der Waals surface area contributed by atoms with Gasteiger partial charge in [-0.15, -0.1) is 0 Å². The highest BCUT2D eigenvalue weighted by Gasteiger charge is 2.11. The Balaban J connectivity index is 1.36. The second kappa shape index (κ2) is 16.3. The number of nitrogens with zero attached hydrogens (tertiary/aromatic N) is 3. The summed E-state index contributed by atoms with van der Waals surface area (Å²) in [4.78, 5) is 16.6. The maximum atomic E-state index is 12.6. The maximum Gasteiger partial charge on any atom is 0.343 e. The van der Waals surface area contributed by atoms with Gasteiger partial charge in [0.15, 0.2) is 0 Å². The Hall–Kier alpha value is -3.54. The molecule has 0 N–H and O–H groups in total. The van der Waals surface area contributed by atoms with Crippen molar-refractivity contribution in [3.05, 3.63) is 78.1 Å². The van der Waals surface area contributed by atoms with Gasteiger partial charge in [0, 0.05) is 12.4 Å². The molecule has 0 aliphatic heterocycles. The first-order valence-corrected chi connectivity index (χ1v) is 13.5. The van der Waals surface area contributed by atoms with Crippen molar-refractivity contribution in [2.75, 3.05) is 6.61 Å². The molecular formula is C31H39N3O3. The summed E-state index contributed by atoms with van der Waals surface area (Å²) in [5.41, 5.74) is 2.68. The van der Waals surface area contributed by atoms with E-state index in [1.807, 2.05) is 25.1 Å². The molecule has 6 nitrogen and oxygen atoms in total. The fraction of sp³-hybridized carbons (Fsp3) is 0.419. The van der Waals surface area contributed by atoms with E-state index < -0.39 is 5.97 Å². The first-order chi connectivity index (χ1) is 18.2. The second-order valence-electron chi connectivity index (χ2n) is 9.30. The maximum absolute atomic E-state index is 12.6. The van der Waals surface area contributed by atoms with Crippen molar-refractivity contribution < 1.29 is 14.3 Å². The van der Waals surface area contributed by atoms with Crippen LogP contribution < -0.4 is 9.47 Å². The van der Waals surface area contributed by atoms with Crippen molar-refractivity contribution in [3.8, 4) is 11.5 Å². The summed E-state index contributed by atoms with van der Waals surface area (Å²) < 4.78 is 11.4.